The number of hydrogen-bond donors (Lipinski definition) is 1. The molecule has 3 rings (SSSR count). The number of rotatable bonds is 2. The molecule has 0 radical (unpaired) electrons. The summed E-state index contributed by atoms with van der Waals surface area (Å²) in [6.45, 7) is 0.240. The van der Waals surface area contributed by atoms with Crippen LogP contribution in [0.4, 0.5) is 0 Å². The Balaban J connectivity index is 1.87. The van der Waals surface area contributed by atoms with Gasteiger partial charge in [-0.05, 0) is 30.5 Å². The fourth-order valence-electron chi connectivity index (χ4n) is 3.07. The second-order valence-corrected chi connectivity index (χ2v) is 8.21. The van der Waals surface area contributed by atoms with Crippen molar-refractivity contribution in [1.82, 2.24) is 10.2 Å². The van der Waals surface area contributed by atoms with Gasteiger partial charge in [0.25, 0.3) is 0 Å². The van der Waals surface area contributed by atoms with Gasteiger partial charge in [-0.25, -0.2) is 8.42 Å². The highest BCUT2D eigenvalue weighted by molar-refractivity contribution is 7.91. The molecule has 1 aromatic carbocycles. The summed E-state index contributed by atoms with van der Waals surface area (Å²) in [4.78, 5) is 13.9. The fourth-order valence-corrected chi connectivity index (χ4v) is 4.89. The highest BCUT2D eigenvalue weighted by Crippen LogP contribution is 2.29. The number of halogens is 1. The topological polar surface area (TPSA) is 66.5 Å². The zero-order valence-corrected chi connectivity index (χ0v) is 13.0. The molecule has 2 fully saturated rings. The average Bonchev–Trinajstić information content (AvgIpc) is 2.80. The van der Waals surface area contributed by atoms with Crippen LogP contribution in [0.3, 0.4) is 0 Å². The average molecular weight is 329 g/mol. The molecule has 1 amide bonds. The van der Waals surface area contributed by atoms with E-state index in [1.54, 1.807) is 17.0 Å². The van der Waals surface area contributed by atoms with Crippen LogP contribution < -0.4 is 5.32 Å². The Morgan fingerprint density at radius 1 is 1.24 bits per heavy atom. The van der Waals surface area contributed by atoms with Crippen molar-refractivity contribution in [1.29, 1.82) is 0 Å². The highest BCUT2D eigenvalue weighted by atomic mass is 35.5. The van der Waals surface area contributed by atoms with Crippen molar-refractivity contribution < 1.29 is 13.2 Å². The van der Waals surface area contributed by atoms with Crippen LogP contribution in [0.25, 0.3) is 0 Å². The van der Waals surface area contributed by atoms with Gasteiger partial charge in [0.15, 0.2) is 9.84 Å². The SMILES string of the molecule is O=C1CNC(c2ccc(Cl)cc2)N1C1CCCS(=O)(=O)C1. The molecule has 2 aliphatic heterocycles. The van der Waals surface area contributed by atoms with Gasteiger partial charge >= 0.3 is 0 Å². The lowest BCUT2D eigenvalue weighted by Gasteiger charge is -2.35. The summed E-state index contributed by atoms with van der Waals surface area (Å²) in [7, 11) is -3.05. The Morgan fingerprint density at radius 2 is 1.95 bits per heavy atom. The minimum atomic E-state index is -3.05. The first-order valence-electron chi connectivity index (χ1n) is 6.97. The summed E-state index contributed by atoms with van der Waals surface area (Å²) in [6, 6.07) is 7.03. The van der Waals surface area contributed by atoms with Crippen LogP contribution in [-0.2, 0) is 14.6 Å². The van der Waals surface area contributed by atoms with Crippen LogP contribution in [-0.4, -0.2) is 43.3 Å². The first kappa shape index (κ1) is 14.8. The van der Waals surface area contributed by atoms with Crippen molar-refractivity contribution in [2.45, 2.75) is 25.0 Å². The van der Waals surface area contributed by atoms with Crippen molar-refractivity contribution in [2.75, 3.05) is 18.1 Å². The third kappa shape index (κ3) is 3.07. The van der Waals surface area contributed by atoms with Gasteiger partial charge in [-0.3, -0.25) is 10.1 Å². The van der Waals surface area contributed by atoms with Gasteiger partial charge in [-0.2, -0.15) is 0 Å². The van der Waals surface area contributed by atoms with Gasteiger partial charge in [0.05, 0.1) is 18.1 Å². The summed E-state index contributed by atoms with van der Waals surface area (Å²) >= 11 is 5.89. The maximum Gasteiger partial charge on any atom is 0.238 e. The number of sulfone groups is 1. The fraction of sp³-hybridized carbons (Fsp3) is 0.500. The monoisotopic (exact) mass is 328 g/mol. The molecule has 7 heteroatoms. The van der Waals surface area contributed by atoms with E-state index in [2.05, 4.69) is 5.32 Å². The first-order chi connectivity index (χ1) is 9.96. The van der Waals surface area contributed by atoms with E-state index >= 15 is 0 Å². The molecule has 0 bridgehead atoms. The lowest BCUT2D eigenvalue weighted by molar-refractivity contribution is -0.130. The maximum absolute atomic E-state index is 12.2. The van der Waals surface area contributed by atoms with E-state index in [0.717, 1.165) is 12.0 Å². The normalized spacial score (nSPS) is 28.8. The Bertz CT molecular complexity index is 645. The molecule has 0 spiro atoms. The minimum absolute atomic E-state index is 0.0444. The van der Waals surface area contributed by atoms with Gasteiger partial charge in [-0.1, -0.05) is 23.7 Å². The van der Waals surface area contributed by atoms with Gasteiger partial charge in [0.1, 0.15) is 6.17 Å². The number of hydrogen-bond acceptors (Lipinski definition) is 4. The molecule has 2 heterocycles. The van der Waals surface area contributed by atoms with E-state index in [1.807, 2.05) is 12.1 Å². The van der Waals surface area contributed by atoms with Gasteiger partial charge in [0, 0.05) is 11.1 Å². The van der Waals surface area contributed by atoms with Crippen molar-refractivity contribution in [2.24, 2.45) is 0 Å². The van der Waals surface area contributed by atoms with Crippen LogP contribution in [0.2, 0.25) is 5.02 Å². The molecule has 1 aromatic rings. The van der Waals surface area contributed by atoms with Crippen LogP contribution in [0, 0.1) is 0 Å². The molecule has 0 aliphatic carbocycles. The molecule has 114 valence electrons. The minimum Gasteiger partial charge on any atom is -0.318 e. The number of amides is 1. The number of benzene rings is 1. The summed E-state index contributed by atoms with van der Waals surface area (Å²) in [5.74, 6) is 0.242. The van der Waals surface area contributed by atoms with E-state index in [-0.39, 0.29) is 36.2 Å². The Labute approximate surface area is 129 Å². The Kier molecular flexibility index (Phi) is 3.94. The summed E-state index contributed by atoms with van der Waals surface area (Å²) in [6.07, 6.45) is 1.08. The van der Waals surface area contributed by atoms with Crippen LogP contribution >= 0.6 is 11.6 Å². The molecule has 5 nitrogen and oxygen atoms in total. The van der Waals surface area contributed by atoms with Crippen molar-refractivity contribution in [3.05, 3.63) is 34.9 Å². The van der Waals surface area contributed by atoms with Crippen LogP contribution in [0.5, 0.6) is 0 Å². The Morgan fingerprint density at radius 3 is 2.62 bits per heavy atom. The van der Waals surface area contributed by atoms with E-state index in [1.165, 1.54) is 0 Å². The molecule has 21 heavy (non-hydrogen) atoms. The molecule has 0 aromatic heterocycles. The number of nitrogens with zero attached hydrogens (tertiary/aromatic N) is 1. The molecule has 0 saturated carbocycles. The summed E-state index contributed by atoms with van der Waals surface area (Å²) < 4.78 is 23.7. The second kappa shape index (κ2) is 5.59. The molecule has 2 unspecified atom stereocenters. The first-order valence-corrected chi connectivity index (χ1v) is 9.17. The standard InChI is InChI=1S/C14H17ClN2O3S/c15-11-5-3-10(4-6-11)14-16-8-13(18)17(14)12-2-1-7-21(19,20)9-12/h3-6,12,14,16H,1-2,7-9H2. The molecule has 2 aliphatic rings. The third-order valence-corrected chi connectivity index (χ3v) is 6.09. The van der Waals surface area contributed by atoms with Gasteiger partial charge in [-0.15, -0.1) is 0 Å². The summed E-state index contributed by atoms with van der Waals surface area (Å²) in [5, 5.41) is 3.79. The molecular weight excluding hydrogens is 312 g/mol. The van der Waals surface area contributed by atoms with Crippen LogP contribution in [0.1, 0.15) is 24.6 Å². The largest absolute Gasteiger partial charge is 0.318 e. The summed E-state index contributed by atoms with van der Waals surface area (Å²) in [5.41, 5.74) is 0.924. The van der Waals surface area contributed by atoms with Crippen LogP contribution in [0.15, 0.2) is 24.3 Å². The molecule has 2 atom stereocenters. The molecule has 2 saturated heterocycles. The third-order valence-electron chi connectivity index (χ3n) is 4.03. The zero-order valence-electron chi connectivity index (χ0n) is 11.5. The van der Waals surface area contributed by atoms with E-state index in [4.69, 9.17) is 11.6 Å². The number of carbonyl (C=O) groups excluding carboxylic acids is 1. The highest BCUT2D eigenvalue weighted by Gasteiger charge is 2.40. The lowest BCUT2D eigenvalue weighted by Crippen LogP contribution is -2.46. The zero-order chi connectivity index (χ0) is 15.0. The molecule has 1 N–H and O–H groups in total. The van der Waals surface area contributed by atoms with Gasteiger partial charge < -0.3 is 4.90 Å². The predicted octanol–water partition coefficient (Wildman–Crippen LogP) is 1.35. The van der Waals surface area contributed by atoms with Crippen molar-refractivity contribution >= 4 is 27.3 Å². The smallest absolute Gasteiger partial charge is 0.238 e. The van der Waals surface area contributed by atoms with E-state index in [0.29, 0.717) is 11.4 Å². The number of carbonyl (C=O) groups is 1. The Hall–Kier alpha value is -1.11. The van der Waals surface area contributed by atoms with Gasteiger partial charge in [0.2, 0.25) is 5.91 Å². The predicted molar refractivity (Wildman–Crippen MR) is 80.7 cm³/mol. The van der Waals surface area contributed by atoms with E-state index < -0.39 is 9.84 Å². The maximum atomic E-state index is 12.2. The van der Waals surface area contributed by atoms with Crippen molar-refractivity contribution in [3.63, 3.8) is 0 Å². The second-order valence-electron chi connectivity index (χ2n) is 5.55. The quantitative estimate of drug-likeness (QED) is 0.890. The number of nitrogens with one attached hydrogen (secondary N) is 1. The van der Waals surface area contributed by atoms with E-state index in [9.17, 15) is 13.2 Å². The lowest BCUT2D eigenvalue weighted by atomic mass is 10.1. The molecular formula is C14H17ClN2O3S. The van der Waals surface area contributed by atoms with Crippen molar-refractivity contribution in [3.8, 4) is 0 Å².